The molecule has 0 bridgehead atoms. The summed E-state index contributed by atoms with van der Waals surface area (Å²) in [4.78, 5) is 28.5. The van der Waals surface area contributed by atoms with E-state index in [1.807, 2.05) is 54.0 Å². The second kappa shape index (κ2) is 8.66. The van der Waals surface area contributed by atoms with E-state index in [0.717, 1.165) is 37.1 Å². The number of hydrogen-bond donors (Lipinski definition) is 3. The lowest BCUT2D eigenvalue weighted by Crippen LogP contribution is -2.26. The van der Waals surface area contributed by atoms with E-state index in [1.165, 1.54) is 0 Å². The van der Waals surface area contributed by atoms with Gasteiger partial charge in [-0.2, -0.15) is 15.1 Å². The number of aromatic nitrogens is 6. The number of carbonyl (C=O) groups excluding carboxylic acids is 1. The van der Waals surface area contributed by atoms with Crippen LogP contribution in [0, 0.1) is 0 Å². The lowest BCUT2D eigenvalue weighted by molar-refractivity contribution is 0.0948. The number of carbonyl (C=O) groups is 1. The number of anilines is 3. The molecule has 1 amide bonds. The van der Waals surface area contributed by atoms with Gasteiger partial charge in [0.05, 0.1) is 11.7 Å². The van der Waals surface area contributed by atoms with Crippen molar-refractivity contribution in [1.82, 2.24) is 34.9 Å². The Bertz CT molecular complexity index is 1220. The van der Waals surface area contributed by atoms with Crippen molar-refractivity contribution in [3.05, 3.63) is 60.2 Å². The van der Waals surface area contributed by atoms with Crippen molar-refractivity contribution < 1.29 is 4.79 Å². The van der Waals surface area contributed by atoms with Crippen molar-refractivity contribution in [2.75, 3.05) is 23.3 Å². The maximum Gasteiger partial charge on any atom is 0.269 e. The minimum Gasteiger partial charge on any atom is -0.351 e. The Hall–Kier alpha value is -3.95. The van der Waals surface area contributed by atoms with Gasteiger partial charge in [0.25, 0.3) is 5.91 Å². The van der Waals surface area contributed by atoms with Crippen LogP contribution in [0.5, 0.6) is 0 Å². The number of pyridine rings is 1. The van der Waals surface area contributed by atoms with Crippen molar-refractivity contribution >= 4 is 29.3 Å². The Labute approximate surface area is 185 Å². The summed E-state index contributed by atoms with van der Waals surface area (Å²) in [6.07, 6.45) is 6.64. The molecule has 4 aromatic rings. The summed E-state index contributed by atoms with van der Waals surface area (Å²) in [7, 11) is 0. The van der Waals surface area contributed by atoms with Gasteiger partial charge in [-0.05, 0) is 43.5 Å². The highest BCUT2D eigenvalue weighted by molar-refractivity contribution is 5.93. The van der Waals surface area contributed by atoms with Gasteiger partial charge in [0.1, 0.15) is 11.3 Å². The minimum atomic E-state index is -0.183. The highest BCUT2D eigenvalue weighted by Gasteiger charge is 2.29. The standard InChI is InChI=1S/C22H25N9O/c1-2-10-24-20(32)16-14-18(29-28-16)25-21-27-22(26-19-9-6-13-31(19)21)30-12-5-8-17(30)15-7-3-4-11-23-15/h3-4,6-7,9,11,13-14,17H,2,5,8,10,12H2,1H3,(H,24,32)(H2,25,26,27,28,29). The van der Waals surface area contributed by atoms with Crippen LogP contribution in [0.15, 0.2) is 48.8 Å². The summed E-state index contributed by atoms with van der Waals surface area (Å²) in [5.74, 6) is 1.54. The average Bonchev–Trinajstić information content (AvgIpc) is 3.58. The Balaban J connectivity index is 1.44. The molecule has 10 heteroatoms. The van der Waals surface area contributed by atoms with E-state index in [0.29, 0.717) is 30.0 Å². The Morgan fingerprint density at radius 2 is 2.19 bits per heavy atom. The molecule has 0 radical (unpaired) electrons. The molecule has 0 aliphatic carbocycles. The number of nitrogens with one attached hydrogen (secondary N) is 3. The van der Waals surface area contributed by atoms with E-state index in [1.54, 1.807) is 6.07 Å². The smallest absolute Gasteiger partial charge is 0.269 e. The van der Waals surface area contributed by atoms with Crippen LogP contribution in [0.4, 0.5) is 17.7 Å². The summed E-state index contributed by atoms with van der Waals surface area (Å²) in [6, 6.07) is 11.7. The Morgan fingerprint density at radius 1 is 1.25 bits per heavy atom. The van der Waals surface area contributed by atoms with Gasteiger partial charge in [0.15, 0.2) is 5.82 Å². The molecule has 164 valence electrons. The normalized spacial score (nSPS) is 15.9. The zero-order chi connectivity index (χ0) is 21.9. The third kappa shape index (κ3) is 3.86. The molecule has 5 heterocycles. The van der Waals surface area contributed by atoms with Gasteiger partial charge >= 0.3 is 0 Å². The fourth-order valence-electron chi connectivity index (χ4n) is 3.97. The van der Waals surface area contributed by atoms with Crippen molar-refractivity contribution in [2.45, 2.75) is 32.2 Å². The molecule has 1 saturated heterocycles. The molecule has 10 nitrogen and oxygen atoms in total. The number of H-pyrrole nitrogens is 1. The quantitative estimate of drug-likeness (QED) is 0.412. The molecule has 5 rings (SSSR count). The molecular weight excluding hydrogens is 406 g/mol. The number of amides is 1. The van der Waals surface area contributed by atoms with Crippen LogP contribution in [0.3, 0.4) is 0 Å². The van der Waals surface area contributed by atoms with Crippen LogP contribution >= 0.6 is 0 Å². The largest absolute Gasteiger partial charge is 0.351 e. The third-order valence-corrected chi connectivity index (χ3v) is 5.51. The van der Waals surface area contributed by atoms with Crippen molar-refractivity contribution in [2.24, 2.45) is 0 Å². The van der Waals surface area contributed by atoms with Gasteiger partial charge in [0, 0.05) is 31.5 Å². The summed E-state index contributed by atoms with van der Waals surface area (Å²) in [5, 5.41) is 13.1. The first kappa shape index (κ1) is 20.0. The number of rotatable bonds is 7. The molecular formula is C22H25N9O. The van der Waals surface area contributed by atoms with Gasteiger partial charge < -0.3 is 15.5 Å². The molecule has 1 aliphatic rings. The topological polar surface area (TPSA) is 116 Å². The zero-order valence-electron chi connectivity index (χ0n) is 17.8. The van der Waals surface area contributed by atoms with Crippen LogP contribution in [0.1, 0.15) is 48.4 Å². The van der Waals surface area contributed by atoms with Crippen LogP contribution in [0.25, 0.3) is 5.65 Å². The SMILES string of the molecule is CCCNC(=O)c1cc(Nc2nc(N3CCCC3c3ccccn3)nc3cccn23)n[nH]1. The lowest BCUT2D eigenvalue weighted by Gasteiger charge is -2.24. The molecule has 3 N–H and O–H groups in total. The second-order valence-electron chi connectivity index (χ2n) is 7.74. The van der Waals surface area contributed by atoms with Gasteiger partial charge in [0.2, 0.25) is 11.9 Å². The van der Waals surface area contributed by atoms with Crippen molar-refractivity contribution in [3.63, 3.8) is 0 Å². The molecule has 1 unspecified atom stereocenters. The molecule has 1 aliphatic heterocycles. The number of fused-ring (bicyclic) bond motifs is 1. The molecule has 1 atom stereocenters. The second-order valence-corrected chi connectivity index (χ2v) is 7.74. The molecule has 32 heavy (non-hydrogen) atoms. The van der Waals surface area contributed by atoms with E-state index < -0.39 is 0 Å². The predicted molar refractivity (Wildman–Crippen MR) is 121 cm³/mol. The van der Waals surface area contributed by atoms with Gasteiger partial charge in [-0.25, -0.2) is 0 Å². The highest BCUT2D eigenvalue weighted by Crippen LogP contribution is 2.34. The summed E-state index contributed by atoms with van der Waals surface area (Å²) >= 11 is 0. The van der Waals surface area contributed by atoms with E-state index >= 15 is 0 Å². The van der Waals surface area contributed by atoms with Crippen molar-refractivity contribution in [1.29, 1.82) is 0 Å². The fraction of sp³-hybridized carbons (Fsp3) is 0.318. The zero-order valence-corrected chi connectivity index (χ0v) is 17.8. The lowest BCUT2D eigenvalue weighted by atomic mass is 10.1. The minimum absolute atomic E-state index is 0.140. The maximum atomic E-state index is 12.2. The monoisotopic (exact) mass is 431 g/mol. The molecule has 0 spiro atoms. The van der Waals surface area contributed by atoms with E-state index in [9.17, 15) is 4.79 Å². The highest BCUT2D eigenvalue weighted by atomic mass is 16.1. The summed E-state index contributed by atoms with van der Waals surface area (Å²) in [6.45, 7) is 3.49. The first-order valence-corrected chi connectivity index (χ1v) is 10.9. The van der Waals surface area contributed by atoms with Crippen LogP contribution < -0.4 is 15.5 Å². The van der Waals surface area contributed by atoms with Gasteiger partial charge in [-0.15, -0.1) is 0 Å². The van der Waals surface area contributed by atoms with Crippen LogP contribution in [-0.4, -0.2) is 48.5 Å². The van der Waals surface area contributed by atoms with E-state index in [4.69, 9.17) is 9.97 Å². The molecule has 1 fully saturated rings. The van der Waals surface area contributed by atoms with Gasteiger partial charge in [-0.3, -0.25) is 19.3 Å². The van der Waals surface area contributed by atoms with E-state index in [-0.39, 0.29) is 11.9 Å². The first-order valence-electron chi connectivity index (χ1n) is 10.9. The maximum absolute atomic E-state index is 12.2. The molecule has 0 saturated carbocycles. The van der Waals surface area contributed by atoms with Crippen LogP contribution in [-0.2, 0) is 0 Å². The predicted octanol–water partition coefficient (Wildman–Crippen LogP) is 3.07. The number of aromatic amines is 1. The van der Waals surface area contributed by atoms with Gasteiger partial charge in [-0.1, -0.05) is 13.0 Å². The van der Waals surface area contributed by atoms with E-state index in [2.05, 4.69) is 30.7 Å². The fourth-order valence-corrected chi connectivity index (χ4v) is 3.97. The third-order valence-electron chi connectivity index (χ3n) is 5.51. The summed E-state index contributed by atoms with van der Waals surface area (Å²) < 4.78 is 1.86. The average molecular weight is 432 g/mol. The Kier molecular flexibility index (Phi) is 5.40. The molecule has 4 aromatic heterocycles. The van der Waals surface area contributed by atoms with Crippen LogP contribution in [0.2, 0.25) is 0 Å². The number of hydrogen-bond acceptors (Lipinski definition) is 7. The summed E-state index contributed by atoms with van der Waals surface area (Å²) in [5.41, 5.74) is 2.20. The van der Waals surface area contributed by atoms with Crippen molar-refractivity contribution in [3.8, 4) is 0 Å². The first-order chi connectivity index (χ1) is 15.7. The Morgan fingerprint density at radius 3 is 3.03 bits per heavy atom. The number of nitrogens with zero attached hydrogens (tertiary/aromatic N) is 6. The molecule has 0 aromatic carbocycles.